The van der Waals surface area contributed by atoms with Crippen molar-refractivity contribution in [2.24, 2.45) is 10.9 Å². The lowest BCUT2D eigenvalue weighted by molar-refractivity contribution is -0.0413. The van der Waals surface area contributed by atoms with Crippen molar-refractivity contribution < 1.29 is 14.3 Å². The summed E-state index contributed by atoms with van der Waals surface area (Å²) in [7, 11) is 0. The molecule has 20 heavy (non-hydrogen) atoms. The summed E-state index contributed by atoms with van der Waals surface area (Å²) in [6.45, 7) is 2.20. The quantitative estimate of drug-likeness (QED) is 0.378. The van der Waals surface area contributed by atoms with Crippen LogP contribution in [0.2, 0.25) is 0 Å². The van der Waals surface area contributed by atoms with Gasteiger partial charge in [-0.25, -0.2) is 4.39 Å². The largest absolute Gasteiger partial charge is 0.409 e. The molecule has 0 aliphatic carbocycles. The first-order valence-corrected chi connectivity index (χ1v) is 6.80. The first-order chi connectivity index (χ1) is 9.67. The fraction of sp³-hybridized carbons (Fsp3) is 0.500. The van der Waals surface area contributed by atoms with Crippen LogP contribution in [0.4, 0.5) is 4.39 Å². The van der Waals surface area contributed by atoms with Crippen LogP contribution in [0, 0.1) is 5.82 Å². The number of nitrogens with zero attached hydrogens (tertiary/aromatic N) is 2. The molecule has 2 aliphatic heterocycles. The molecule has 1 aromatic carbocycles. The number of benzene rings is 1. The van der Waals surface area contributed by atoms with Gasteiger partial charge in [-0.15, -0.1) is 0 Å². The van der Waals surface area contributed by atoms with Crippen molar-refractivity contribution in [3.05, 3.63) is 35.1 Å². The van der Waals surface area contributed by atoms with Gasteiger partial charge in [0.1, 0.15) is 5.82 Å². The van der Waals surface area contributed by atoms with Crippen LogP contribution in [-0.2, 0) is 11.3 Å². The summed E-state index contributed by atoms with van der Waals surface area (Å²) < 4.78 is 20.1. The van der Waals surface area contributed by atoms with Crippen molar-refractivity contribution in [3.63, 3.8) is 0 Å². The van der Waals surface area contributed by atoms with Gasteiger partial charge in [0, 0.05) is 25.2 Å². The van der Waals surface area contributed by atoms with Crippen molar-refractivity contribution in [1.29, 1.82) is 0 Å². The lowest BCUT2D eigenvalue weighted by Crippen LogP contribution is -2.42. The van der Waals surface area contributed by atoms with E-state index in [0.717, 1.165) is 25.9 Å². The van der Waals surface area contributed by atoms with E-state index in [1.807, 2.05) is 0 Å². The second-order valence-electron chi connectivity index (χ2n) is 5.42. The van der Waals surface area contributed by atoms with Gasteiger partial charge in [0.05, 0.1) is 17.8 Å². The van der Waals surface area contributed by atoms with E-state index in [4.69, 9.17) is 15.7 Å². The van der Waals surface area contributed by atoms with E-state index in [1.54, 1.807) is 12.1 Å². The maximum Gasteiger partial charge on any atom is 0.173 e. The van der Waals surface area contributed by atoms with E-state index in [2.05, 4.69) is 10.1 Å². The summed E-state index contributed by atoms with van der Waals surface area (Å²) >= 11 is 0. The summed E-state index contributed by atoms with van der Waals surface area (Å²) in [5, 5.41) is 11.5. The molecule has 2 fully saturated rings. The monoisotopic (exact) mass is 279 g/mol. The van der Waals surface area contributed by atoms with Gasteiger partial charge in [0.25, 0.3) is 0 Å². The van der Waals surface area contributed by atoms with Gasteiger partial charge in [0.2, 0.25) is 0 Å². The van der Waals surface area contributed by atoms with Crippen molar-refractivity contribution in [3.8, 4) is 0 Å². The molecule has 1 aromatic rings. The summed E-state index contributed by atoms with van der Waals surface area (Å²) in [5.41, 5.74) is 6.18. The highest BCUT2D eigenvalue weighted by Crippen LogP contribution is 2.27. The number of hydrogen-bond donors (Lipinski definition) is 2. The van der Waals surface area contributed by atoms with Crippen LogP contribution in [0.25, 0.3) is 0 Å². The molecular weight excluding hydrogens is 261 g/mol. The zero-order valence-corrected chi connectivity index (χ0v) is 11.1. The van der Waals surface area contributed by atoms with Gasteiger partial charge in [-0.1, -0.05) is 17.3 Å². The molecule has 2 aliphatic rings. The Morgan fingerprint density at radius 3 is 2.75 bits per heavy atom. The number of ether oxygens (including phenoxy) is 1. The minimum atomic E-state index is -0.415. The third-order valence-corrected chi connectivity index (χ3v) is 3.98. The Hall–Kier alpha value is -1.66. The lowest BCUT2D eigenvalue weighted by atomic mass is 10.1. The first kappa shape index (κ1) is 13.3. The number of oxime groups is 1. The molecule has 108 valence electrons. The number of fused-ring (bicyclic) bond motifs is 2. The Labute approximate surface area is 116 Å². The molecule has 3 N–H and O–H groups in total. The molecule has 0 radical (unpaired) electrons. The van der Waals surface area contributed by atoms with E-state index in [1.165, 1.54) is 6.07 Å². The van der Waals surface area contributed by atoms with E-state index >= 15 is 0 Å². The highest BCUT2D eigenvalue weighted by Gasteiger charge is 2.33. The van der Waals surface area contributed by atoms with Gasteiger partial charge in [-0.3, -0.25) is 4.90 Å². The second kappa shape index (κ2) is 5.38. The molecule has 0 aromatic heterocycles. The van der Waals surface area contributed by atoms with Crippen molar-refractivity contribution >= 4 is 5.84 Å². The van der Waals surface area contributed by atoms with Gasteiger partial charge >= 0.3 is 0 Å². The van der Waals surface area contributed by atoms with E-state index in [-0.39, 0.29) is 23.6 Å². The molecule has 2 unspecified atom stereocenters. The SMILES string of the molecule is N/C(=N/O)c1cccc(CN2CC3CCC(C2)O3)c1F. The van der Waals surface area contributed by atoms with Crippen LogP contribution >= 0.6 is 0 Å². The third kappa shape index (κ3) is 2.48. The minimum Gasteiger partial charge on any atom is -0.409 e. The zero-order chi connectivity index (χ0) is 14.1. The first-order valence-electron chi connectivity index (χ1n) is 6.80. The molecule has 0 spiro atoms. The predicted octanol–water partition coefficient (Wildman–Crippen LogP) is 1.28. The average Bonchev–Trinajstić information content (AvgIpc) is 2.79. The topological polar surface area (TPSA) is 71.1 Å². The van der Waals surface area contributed by atoms with Crippen molar-refractivity contribution in [2.45, 2.75) is 31.6 Å². The summed E-state index contributed by atoms with van der Waals surface area (Å²) in [6, 6.07) is 4.97. The Kier molecular flexibility index (Phi) is 3.58. The van der Waals surface area contributed by atoms with Crippen molar-refractivity contribution in [1.82, 2.24) is 4.90 Å². The third-order valence-electron chi connectivity index (χ3n) is 3.98. The van der Waals surface area contributed by atoms with Crippen LogP contribution in [0.5, 0.6) is 0 Å². The van der Waals surface area contributed by atoms with Crippen LogP contribution in [-0.4, -0.2) is 41.2 Å². The second-order valence-corrected chi connectivity index (χ2v) is 5.42. The lowest BCUT2D eigenvalue weighted by Gasteiger charge is -2.32. The minimum absolute atomic E-state index is 0.140. The van der Waals surface area contributed by atoms with Gasteiger partial charge in [-0.05, 0) is 18.9 Å². The van der Waals surface area contributed by atoms with Gasteiger partial charge < -0.3 is 15.7 Å². The molecule has 2 saturated heterocycles. The van der Waals surface area contributed by atoms with E-state index < -0.39 is 5.82 Å². The highest BCUT2D eigenvalue weighted by molar-refractivity contribution is 5.97. The molecular formula is C14H18FN3O2. The van der Waals surface area contributed by atoms with Crippen LogP contribution in [0.3, 0.4) is 0 Å². The number of halogens is 1. The molecule has 5 nitrogen and oxygen atoms in total. The fourth-order valence-electron chi connectivity index (χ4n) is 3.02. The van der Waals surface area contributed by atoms with Crippen molar-refractivity contribution in [2.75, 3.05) is 13.1 Å². The number of likely N-dealkylation sites (tertiary alicyclic amines) is 1. The van der Waals surface area contributed by atoms with E-state index in [0.29, 0.717) is 12.1 Å². The fourth-order valence-corrected chi connectivity index (χ4v) is 3.02. The summed E-state index contributed by atoms with van der Waals surface area (Å²) in [5.74, 6) is -0.618. The summed E-state index contributed by atoms with van der Waals surface area (Å²) in [4.78, 5) is 2.21. The number of rotatable bonds is 3. The standard InChI is InChI=1S/C14H18FN3O2/c15-13-9(2-1-3-12(13)14(16)17-19)6-18-7-10-4-5-11(8-18)20-10/h1-3,10-11,19H,4-8H2,(H2,16,17). The number of morpholine rings is 1. The number of hydrogen-bond acceptors (Lipinski definition) is 4. The average molecular weight is 279 g/mol. The highest BCUT2D eigenvalue weighted by atomic mass is 19.1. The van der Waals surface area contributed by atoms with Gasteiger partial charge in [0.15, 0.2) is 5.84 Å². The zero-order valence-electron chi connectivity index (χ0n) is 11.1. The van der Waals surface area contributed by atoms with Crippen LogP contribution in [0.1, 0.15) is 24.0 Å². The molecule has 2 atom stereocenters. The molecule has 6 heteroatoms. The molecule has 2 heterocycles. The Balaban J connectivity index is 1.77. The Bertz CT molecular complexity index is 523. The maximum atomic E-state index is 14.3. The smallest absolute Gasteiger partial charge is 0.173 e. The number of nitrogens with two attached hydrogens (primary N) is 1. The van der Waals surface area contributed by atoms with Crippen LogP contribution in [0.15, 0.2) is 23.4 Å². The normalized spacial score (nSPS) is 26.9. The number of amidine groups is 1. The predicted molar refractivity (Wildman–Crippen MR) is 72.1 cm³/mol. The van der Waals surface area contributed by atoms with Gasteiger partial charge in [-0.2, -0.15) is 0 Å². The van der Waals surface area contributed by atoms with Crippen LogP contribution < -0.4 is 5.73 Å². The Morgan fingerprint density at radius 2 is 2.10 bits per heavy atom. The molecule has 0 saturated carbocycles. The molecule has 3 rings (SSSR count). The Morgan fingerprint density at radius 1 is 1.40 bits per heavy atom. The van der Waals surface area contributed by atoms with E-state index in [9.17, 15) is 4.39 Å². The molecule has 2 bridgehead atoms. The summed E-state index contributed by atoms with van der Waals surface area (Å²) in [6.07, 6.45) is 2.75. The molecule has 0 amide bonds. The maximum absolute atomic E-state index is 14.3.